The van der Waals surface area contributed by atoms with Crippen LogP contribution in [-0.2, 0) is 12.5 Å². The summed E-state index contributed by atoms with van der Waals surface area (Å²) in [5.41, 5.74) is 3.96. The second kappa shape index (κ2) is 12.8. The van der Waals surface area contributed by atoms with Crippen molar-refractivity contribution in [1.29, 1.82) is 0 Å². The van der Waals surface area contributed by atoms with Gasteiger partial charge in [0.25, 0.3) is 0 Å². The van der Waals surface area contributed by atoms with Gasteiger partial charge < -0.3 is 4.74 Å². The van der Waals surface area contributed by atoms with Crippen LogP contribution in [0.3, 0.4) is 0 Å². The minimum Gasteiger partial charge on any atom is -0.429 e. The number of hydrogen-bond acceptors (Lipinski definition) is 1. The van der Waals surface area contributed by atoms with E-state index in [9.17, 15) is 26.3 Å². The van der Waals surface area contributed by atoms with Crippen molar-refractivity contribution in [2.24, 2.45) is 0 Å². The number of benzene rings is 5. The lowest BCUT2D eigenvalue weighted by molar-refractivity contribution is -0.187. The molecule has 0 saturated heterocycles. The highest BCUT2D eigenvalue weighted by atomic mass is 19.3. The van der Waals surface area contributed by atoms with Crippen molar-refractivity contribution in [2.45, 2.75) is 38.7 Å². The number of hydrogen-bond donors (Lipinski definition) is 0. The number of rotatable bonds is 10. The molecule has 5 aromatic carbocycles. The minimum atomic E-state index is -4.12. The van der Waals surface area contributed by atoms with Gasteiger partial charge in [-0.05, 0) is 76.6 Å². The minimum absolute atomic E-state index is 0.252. The molecule has 0 aliphatic heterocycles. The molecule has 43 heavy (non-hydrogen) atoms. The van der Waals surface area contributed by atoms with Crippen LogP contribution in [0.25, 0.3) is 33.4 Å². The molecule has 220 valence electrons. The number of ether oxygens (including phenoxy) is 1. The third-order valence-corrected chi connectivity index (χ3v) is 7.27. The molecule has 0 atom stereocenters. The molecule has 0 aliphatic carbocycles. The summed E-state index contributed by atoms with van der Waals surface area (Å²) in [7, 11) is 0. The van der Waals surface area contributed by atoms with E-state index >= 15 is 0 Å². The second-order valence-corrected chi connectivity index (χ2v) is 10.3. The lowest BCUT2D eigenvalue weighted by Gasteiger charge is -2.19. The van der Waals surface area contributed by atoms with E-state index in [0.717, 1.165) is 66.1 Å². The molecule has 0 radical (unpaired) electrons. The van der Waals surface area contributed by atoms with Gasteiger partial charge in [-0.1, -0.05) is 86.5 Å². The Kier molecular flexibility index (Phi) is 8.90. The Hall–Kier alpha value is -4.52. The van der Waals surface area contributed by atoms with Gasteiger partial charge in [0, 0.05) is 11.6 Å². The van der Waals surface area contributed by atoms with Crippen molar-refractivity contribution in [3.8, 4) is 39.1 Å². The van der Waals surface area contributed by atoms with Crippen molar-refractivity contribution in [2.75, 3.05) is 0 Å². The van der Waals surface area contributed by atoms with Crippen molar-refractivity contribution < 1.29 is 31.1 Å². The third-order valence-electron chi connectivity index (χ3n) is 7.27. The van der Waals surface area contributed by atoms with Crippen LogP contribution in [0, 0.1) is 23.3 Å². The lowest BCUT2D eigenvalue weighted by atomic mass is 9.96. The Balaban J connectivity index is 1.29. The number of aryl methyl sites for hydroxylation is 1. The summed E-state index contributed by atoms with van der Waals surface area (Å²) < 4.78 is 89.9. The highest BCUT2D eigenvalue weighted by Crippen LogP contribution is 2.36. The van der Waals surface area contributed by atoms with Crippen LogP contribution in [0.5, 0.6) is 5.75 Å². The van der Waals surface area contributed by atoms with E-state index in [1.807, 2.05) is 48.5 Å². The van der Waals surface area contributed by atoms with Gasteiger partial charge in [-0.15, -0.1) is 0 Å². The topological polar surface area (TPSA) is 9.23 Å². The van der Waals surface area contributed by atoms with Crippen molar-refractivity contribution in [3.05, 3.63) is 138 Å². The molecular formula is C36H28F6O. The average Bonchev–Trinajstić information content (AvgIpc) is 2.99. The SMILES string of the molecule is CCCCCc1ccc(-c2ccc(-c3ccc(-c4ccc(C(F)(F)Oc5ccc(F)c(F)c5)c(F)c4)cc3)cc2)c(F)c1. The maximum atomic E-state index is 14.8. The van der Waals surface area contributed by atoms with E-state index in [4.69, 9.17) is 0 Å². The van der Waals surface area contributed by atoms with Gasteiger partial charge in [0.05, 0.1) is 5.56 Å². The molecule has 5 rings (SSSR count). The first-order valence-corrected chi connectivity index (χ1v) is 14.0. The van der Waals surface area contributed by atoms with Crippen LogP contribution in [0.1, 0.15) is 37.3 Å². The van der Waals surface area contributed by atoms with Crippen molar-refractivity contribution in [1.82, 2.24) is 0 Å². The lowest BCUT2D eigenvalue weighted by Crippen LogP contribution is -2.23. The molecule has 0 amide bonds. The Morgan fingerprint density at radius 3 is 1.72 bits per heavy atom. The summed E-state index contributed by atoms with van der Waals surface area (Å²) in [5, 5.41) is 0. The maximum absolute atomic E-state index is 14.8. The normalized spacial score (nSPS) is 11.5. The van der Waals surface area contributed by atoms with Gasteiger partial charge in [-0.3, -0.25) is 0 Å². The van der Waals surface area contributed by atoms with Gasteiger partial charge in [0.1, 0.15) is 17.4 Å². The first-order valence-electron chi connectivity index (χ1n) is 14.0. The Bertz CT molecular complexity index is 1710. The molecule has 0 unspecified atom stereocenters. The zero-order valence-corrected chi connectivity index (χ0v) is 23.3. The van der Waals surface area contributed by atoms with Crippen molar-refractivity contribution in [3.63, 3.8) is 0 Å². The summed E-state index contributed by atoms with van der Waals surface area (Å²) in [4.78, 5) is 0. The quantitative estimate of drug-likeness (QED) is 0.116. The van der Waals surface area contributed by atoms with Crippen LogP contribution in [0.2, 0.25) is 0 Å². The summed E-state index contributed by atoms with van der Waals surface area (Å²) in [6.45, 7) is 2.14. The van der Waals surface area contributed by atoms with Crippen LogP contribution in [0.15, 0.2) is 103 Å². The highest BCUT2D eigenvalue weighted by molar-refractivity contribution is 5.73. The first kappa shape index (κ1) is 30.0. The monoisotopic (exact) mass is 590 g/mol. The zero-order valence-electron chi connectivity index (χ0n) is 23.3. The van der Waals surface area contributed by atoms with Crippen molar-refractivity contribution >= 4 is 0 Å². The standard InChI is InChI=1S/C36H28F6O/c1-2-3-4-5-23-6-17-30(33(38)20-23)27-13-11-25(12-14-27)24-7-9-26(10-8-24)28-15-18-31(34(39)21-28)36(41,42)43-29-16-19-32(37)35(40)22-29/h6-22H,2-5H2,1H3. The second-order valence-electron chi connectivity index (χ2n) is 10.3. The fourth-order valence-corrected chi connectivity index (χ4v) is 4.90. The van der Waals surface area contributed by atoms with Gasteiger partial charge in [0.15, 0.2) is 11.6 Å². The fourth-order valence-electron chi connectivity index (χ4n) is 4.90. The molecular weight excluding hydrogens is 562 g/mol. The third kappa shape index (κ3) is 6.94. The summed E-state index contributed by atoms with van der Waals surface area (Å²) >= 11 is 0. The van der Waals surface area contributed by atoms with Gasteiger partial charge >= 0.3 is 6.11 Å². The number of alkyl halides is 2. The molecule has 0 saturated carbocycles. The van der Waals surface area contributed by atoms with Gasteiger partial charge in [-0.2, -0.15) is 8.78 Å². The van der Waals surface area contributed by atoms with E-state index in [2.05, 4.69) is 11.7 Å². The van der Waals surface area contributed by atoms with Gasteiger partial charge in [-0.25, -0.2) is 17.6 Å². The van der Waals surface area contributed by atoms with E-state index in [1.54, 1.807) is 18.2 Å². The maximum Gasteiger partial charge on any atom is 0.429 e. The van der Waals surface area contributed by atoms with E-state index in [1.165, 1.54) is 6.07 Å². The zero-order chi connectivity index (χ0) is 30.6. The molecule has 0 N–H and O–H groups in total. The Labute approximate surface area is 246 Å². The molecule has 0 aromatic heterocycles. The van der Waals surface area contributed by atoms with Crippen LogP contribution in [-0.4, -0.2) is 0 Å². The largest absolute Gasteiger partial charge is 0.429 e. The Morgan fingerprint density at radius 2 is 1.14 bits per heavy atom. The first-order chi connectivity index (χ1) is 20.6. The molecule has 0 aliphatic rings. The molecule has 1 nitrogen and oxygen atoms in total. The van der Waals surface area contributed by atoms with Gasteiger partial charge in [0.2, 0.25) is 0 Å². The predicted molar refractivity (Wildman–Crippen MR) is 157 cm³/mol. The van der Waals surface area contributed by atoms with Crippen LogP contribution in [0.4, 0.5) is 26.3 Å². The molecule has 0 bridgehead atoms. The molecule has 0 fully saturated rings. The smallest absolute Gasteiger partial charge is 0.429 e. The Morgan fingerprint density at radius 1 is 0.535 bits per heavy atom. The average molecular weight is 591 g/mol. The number of unbranched alkanes of at least 4 members (excludes halogenated alkanes) is 2. The summed E-state index contributed by atoms with van der Waals surface area (Å²) in [6, 6.07) is 25.1. The molecule has 0 heterocycles. The predicted octanol–water partition coefficient (Wildman–Crippen LogP) is 11.1. The van der Waals surface area contributed by atoms with E-state index < -0.39 is 34.9 Å². The fraction of sp³-hybridized carbons (Fsp3) is 0.167. The van der Waals surface area contributed by atoms with E-state index in [0.29, 0.717) is 28.8 Å². The number of halogens is 6. The summed E-state index contributed by atoms with van der Waals surface area (Å²) in [5.74, 6) is -4.69. The highest BCUT2D eigenvalue weighted by Gasteiger charge is 2.38. The molecule has 0 spiro atoms. The van der Waals surface area contributed by atoms with Crippen LogP contribution >= 0.6 is 0 Å². The van der Waals surface area contributed by atoms with Crippen LogP contribution < -0.4 is 4.74 Å². The molecule has 7 heteroatoms. The molecule has 5 aromatic rings. The van der Waals surface area contributed by atoms with E-state index in [-0.39, 0.29) is 5.82 Å². The summed E-state index contributed by atoms with van der Waals surface area (Å²) in [6.07, 6.45) is 0.00795.